The van der Waals surface area contributed by atoms with E-state index in [-0.39, 0.29) is 91.3 Å². The largest absolute Gasteiger partial charge is 0.478 e. The normalized spacial score (nSPS) is 11.3. The number of furan rings is 4. The second kappa shape index (κ2) is 28.4. The molecule has 28 nitrogen and oxygen atoms in total. The van der Waals surface area contributed by atoms with E-state index < -0.39 is 83.6 Å². The van der Waals surface area contributed by atoms with E-state index in [2.05, 4.69) is 21.3 Å². The van der Waals surface area contributed by atoms with Crippen molar-refractivity contribution in [2.24, 2.45) is 20.6 Å². The molecule has 4 aromatic heterocycles. The SMILES string of the molecule is NS(=O)(=O)c1cc(C(=O)O)c(NCc2ccco2)cc1Cl.NS(=O)(=O)c1cc(C(=O)O)c(NCc2ccco2)cc1Cl.NS(=O)(=O)c1cc(C(=O)O)c(NCc2ccco2)cc1Cl.NS(=O)(=O)c1cc(C(=O)O)c(NCc2ccco2)cc1Cl. The summed E-state index contributed by atoms with van der Waals surface area (Å²) in [7, 11) is -16.4. The van der Waals surface area contributed by atoms with Crippen molar-refractivity contribution in [3.05, 3.63) is 187 Å². The third kappa shape index (κ3) is 19.0. The van der Waals surface area contributed by atoms with Crippen LogP contribution in [0.5, 0.6) is 0 Å². The molecule has 0 aliphatic rings. The zero-order chi connectivity index (χ0) is 62.5. The minimum Gasteiger partial charge on any atom is -0.478 e. The first kappa shape index (κ1) is 66.7. The third-order valence-electron chi connectivity index (χ3n) is 10.6. The van der Waals surface area contributed by atoms with Gasteiger partial charge in [0, 0.05) is 0 Å². The van der Waals surface area contributed by atoms with E-state index >= 15 is 0 Å². The van der Waals surface area contributed by atoms with Gasteiger partial charge in [0.05, 0.1) is 116 Å². The summed E-state index contributed by atoms with van der Waals surface area (Å²) in [5, 5.41) is 67.2. The van der Waals surface area contributed by atoms with Crippen molar-refractivity contribution < 1.29 is 90.9 Å². The molecule has 4 heterocycles. The number of carboxylic acids is 4. The predicted molar refractivity (Wildman–Crippen MR) is 303 cm³/mol. The van der Waals surface area contributed by atoms with Gasteiger partial charge in [0.15, 0.2) is 0 Å². The molecular weight excluding hydrogens is 1280 g/mol. The lowest BCUT2D eigenvalue weighted by Crippen LogP contribution is -2.15. The molecule has 0 bridgehead atoms. The third-order valence-corrected chi connectivity index (χ3v) is 16.1. The Labute approximate surface area is 496 Å². The van der Waals surface area contributed by atoms with Crippen LogP contribution in [0.3, 0.4) is 0 Å². The van der Waals surface area contributed by atoms with Crippen LogP contribution in [0.4, 0.5) is 22.7 Å². The van der Waals surface area contributed by atoms with Gasteiger partial charge in [0.2, 0.25) is 40.1 Å². The number of carbonyl (C=O) groups is 4. The summed E-state index contributed by atoms with van der Waals surface area (Å²) in [6.45, 7) is 0.882. The van der Waals surface area contributed by atoms with Gasteiger partial charge in [-0.15, -0.1) is 0 Å². The van der Waals surface area contributed by atoms with Crippen molar-refractivity contribution in [3.63, 3.8) is 0 Å². The van der Waals surface area contributed by atoms with Gasteiger partial charge in [0.25, 0.3) is 0 Å². The van der Waals surface area contributed by atoms with Gasteiger partial charge < -0.3 is 59.4 Å². The fraction of sp³-hybridized carbons (Fsp3) is 0.0833. The minimum atomic E-state index is -4.11. The predicted octanol–water partition coefficient (Wildman–Crippen LogP) is 7.56. The average Bonchev–Trinajstić information content (AvgIpc) is 3.60. The molecule has 84 heavy (non-hydrogen) atoms. The number of benzene rings is 4. The number of halogens is 4. The zero-order valence-electron chi connectivity index (χ0n) is 42.2. The summed E-state index contributed by atoms with van der Waals surface area (Å²) in [6.07, 6.45) is 5.91. The number of aromatic carboxylic acids is 4. The van der Waals surface area contributed by atoms with Crippen molar-refractivity contribution >= 4 is 133 Å². The Morgan fingerprint density at radius 2 is 0.536 bits per heavy atom. The van der Waals surface area contributed by atoms with Crippen LogP contribution in [0.15, 0.2) is 159 Å². The van der Waals surface area contributed by atoms with E-state index in [9.17, 15) is 52.8 Å². The van der Waals surface area contributed by atoms with E-state index in [0.717, 1.165) is 24.3 Å². The highest BCUT2D eigenvalue weighted by molar-refractivity contribution is 7.90. The van der Waals surface area contributed by atoms with E-state index in [4.69, 9.17) is 105 Å². The molecule has 0 radical (unpaired) electrons. The Morgan fingerprint density at radius 3 is 0.667 bits per heavy atom. The molecule has 448 valence electrons. The van der Waals surface area contributed by atoms with Crippen molar-refractivity contribution in [1.82, 2.24) is 0 Å². The molecule has 0 aliphatic carbocycles. The Balaban J connectivity index is 0.000000205. The van der Waals surface area contributed by atoms with E-state index in [0.29, 0.717) is 23.0 Å². The lowest BCUT2D eigenvalue weighted by molar-refractivity contribution is 0.0686. The first-order valence-electron chi connectivity index (χ1n) is 22.6. The van der Waals surface area contributed by atoms with E-state index in [1.54, 1.807) is 48.5 Å². The molecule has 0 saturated heterocycles. The Kier molecular flexibility index (Phi) is 22.6. The van der Waals surface area contributed by atoms with Crippen LogP contribution in [0.25, 0.3) is 0 Å². The molecule has 0 fully saturated rings. The molecule has 0 atom stereocenters. The first-order chi connectivity index (χ1) is 39.1. The minimum absolute atomic E-state index is 0.163. The monoisotopic (exact) mass is 1320 g/mol. The highest BCUT2D eigenvalue weighted by atomic mass is 35.5. The molecule has 4 aromatic carbocycles. The molecule has 0 amide bonds. The number of rotatable bonds is 20. The molecule has 36 heteroatoms. The number of hydrogen-bond acceptors (Lipinski definition) is 20. The summed E-state index contributed by atoms with van der Waals surface area (Å²) in [6, 6.07) is 22.0. The number of primary sulfonamides is 4. The second-order valence-electron chi connectivity index (χ2n) is 16.4. The quantitative estimate of drug-likeness (QED) is 0.0350. The van der Waals surface area contributed by atoms with Crippen LogP contribution < -0.4 is 41.8 Å². The fourth-order valence-electron chi connectivity index (χ4n) is 6.76. The van der Waals surface area contributed by atoms with Gasteiger partial charge in [-0.3, -0.25) is 0 Å². The molecule has 0 saturated carbocycles. The topological polar surface area (TPSA) is 491 Å². The van der Waals surface area contributed by atoms with Gasteiger partial charge in [0.1, 0.15) is 42.6 Å². The Morgan fingerprint density at radius 1 is 0.357 bits per heavy atom. The van der Waals surface area contributed by atoms with Crippen LogP contribution in [0.1, 0.15) is 64.5 Å². The van der Waals surface area contributed by atoms with E-state index in [1.165, 1.54) is 49.3 Å². The van der Waals surface area contributed by atoms with Crippen molar-refractivity contribution in [1.29, 1.82) is 0 Å². The lowest BCUT2D eigenvalue weighted by atomic mass is 10.1. The maximum atomic E-state index is 11.3. The summed E-state index contributed by atoms with van der Waals surface area (Å²) in [5.41, 5.74) is -0.366. The number of carboxylic acid groups (broad SMARTS) is 4. The summed E-state index contributed by atoms with van der Waals surface area (Å²) in [4.78, 5) is 43.2. The van der Waals surface area contributed by atoms with Gasteiger partial charge in [-0.1, -0.05) is 46.4 Å². The highest BCUT2D eigenvalue weighted by Crippen LogP contribution is 2.33. The lowest BCUT2D eigenvalue weighted by Gasteiger charge is -2.11. The number of anilines is 4. The number of nitrogens with one attached hydrogen (secondary N) is 4. The summed E-state index contributed by atoms with van der Waals surface area (Å²) >= 11 is 23.3. The maximum absolute atomic E-state index is 11.3. The molecule has 0 aliphatic heterocycles. The molecule has 8 rings (SSSR count). The van der Waals surface area contributed by atoms with Gasteiger partial charge in [-0.05, 0) is 97.1 Å². The number of sulfonamides is 4. The van der Waals surface area contributed by atoms with Crippen LogP contribution >= 0.6 is 46.4 Å². The smallest absolute Gasteiger partial charge is 0.337 e. The molecular formula is C48H44Cl4N8O20S4. The van der Waals surface area contributed by atoms with Gasteiger partial charge in [-0.2, -0.15) is 0 Å². The number of hydrogen-bond donors (Lipinski definition) is 12. The molecule has 0 unspecified atom stereocenters. The second-order valence-corrected chi connectivity index (χ2v) is 24.2. The van der Waals surface area contributed by atoms with Crippen LogP contribution in [-0.4, -0.2) is 78.0 Å². The van der Waals surface area contributed by atoms with E-state index in [1.807, 2.05) is 0 Å². The average molecular weight is 1320 g/mol. The summed E-state index contributed by atoms with van der Waals surface area (Å²) < 4.78 is 111. The number of nitrogens with two attached hydrogens (primary N) is 4. The van der Waals surface area contributed by atoms with Crippen molar-refractivity contribution in [2.45, 2.75) is 45.8 Å². The van der Waals surface area contributed by atoms with Crippen molar-refractivity contribution in [3.8, 4) is 0 Å². The molecule has 0 spiro atoms. The van der Waals surface area contributed by atoms with Crippen molar-refractivity contribution in [2.75, 3.05) is 21.3 Å². The summed E-state index contributed by atoms with van der Waals surface area (Å²) in [5.74, 6) is -2.90. The van der Waals surface area contributed by atoms with Gasteiger partial charge in [-0.25, -0.2) is 73.4 Å². The Bertz CT molecular complexity index is 3620. The maximum Gasteiger partial charge on any atom is 0.337 e. The van der Waals surface area contributed by atoms with Crippen LogP contribution in [0, 0.1) is 0 Å². The first-order valence-corrected chi connectivity index (χ1v) is 30.3. The molecule has 8 aromatic rings. The fourth-order valence-corrected chi connectivity index (χ4v) is 11.2. The zero-order valence-corrected chi connectivity index (χ0v) is 48.4. The van der Waals surface area contributed by atoms with Crippen LogP contribution in [-0.2, 0) is 66.3 Å². The Hall–Kier alpha value is -8.12. The van der Waals surface area contributed by atoms with Crippen LogP contribution in [0.2, 0.25) is 20.1 Å². The van der Waals surface area contributed by atoms with Gasteiger partial charge >= 0.3 is 23.9 Å². The highest BCUT2D eigenvalue weighted by Gasteiger charge is 2.24. The standard InChI is InChI=1S/4C12H11ClN2O5S/c4*13-9-5-10(15-6-7-2-1-3-20-7)8(12(16)17)4-11(9)21(14,18)19/h4*1-5,15H,6H2,(H,16,17)(H2,14,18,19). The molecule has 16 N–H and O–H groups in total.